The zero-order chi connectivity index (χ0) is 22.3. The molecule has 0 saturated heterocycles. The number of carbonyl (C=O) groups is 1. The summed E-state index contributed by atoms with van der Waals surface area (Å²) in [4.78, 5) is 12.7. The van der Waals surface area contributed by atoms with Gasteiger partial charge in [-0.1, -0.05) is 51.3 Å². The predicted molar refractivity (Wildman–Crippen MR) is 117 cm³/mol. The van der Waals surface area contributed by atoms with Crippen LogP contribution < -0.4 is 10.6 Å². The van der Waals surface area contributed by atoms with Crippen LogP contribution >= 0.6 is 39.1 Å². The molecule has 1 aromatic heterocycles. The summed E-state index contributed by atoms with van der Waals surface area (Å²) in [6.07, 6.45) is -4.90. The van der Waals surface area contributed by atoms with Crippen molar-refractivity contribution in [3.8, 4) is 0 Å². The van der Waals surface area contributed by atoms with Gasteiger partial charge < -0.3 is 10.6 Å². The molecule has 31 heavy (non-hydrogen) atoms. The largest absolute Gasteiger partial charge is 0.410 e. The number of fused-ring (bicyclic) bond motifs is 1. The van der Waals surface area contributed by atoms with Crippen LogP contribution in [0, 0.1) is 0 Å². The molecule has 0 bridgehead atoms. The molecule has 2 atom stereocenters. The minimum atomic E-state index is -4.59. The summed E-state index contributed by atoms with van der Waals surface area (Å²) in [6, 6.07) is 10.6. The molecule has 11 heteroatoms. The Morgan fingerprint density at radius 1 is 1.13 bits per heavy atom. The monoisotopic (exact) mass is 532 g/mol. The average Bonchev–Trinajstić information content (AvgIpc) is 3.05. The van der Waals surface area contributed by atoms with Crippen LogP contribution in [0.1, 0.15) is 34.6 Å². The summed E-state index contributed by atoms with van der Waals surface area (Å²) >= 11 is 15.5. The van der Waals surface area contributed by atoms with Crippen molar-refractivity contribution < 1.29 is 18.0 Å². The lowest BCUT2D eigenvalue weighted by atomic mass is 9.97. The van der Waals surface area contributed by atoms with E-state index in [2.05, 4.69) is 31.7 Å². The third kappa shape index (κ3) is 4.53. The molecule has 3 aromatic rings. The van der Waals surface area contributed by atoms with E-state index in [4.69, 9.17) is 23.2 Å². The van der Waals surface area contributed by atoms with Crippen molar-refractivity contribution in [3.63, 3.8) is 0 Å². The number of nitrogens with zero attached hydrogens (tertiary/aromatic N) is 2. The van der Waals surface area contributed by atoms with Crippen molar-refractivity contribution in [2.24, 2.45) is 0 Å². The summed E-state index contributed by atoms with van der Waals surface area (Å²) < 4.78 is 43.1. The molecule has 0 spiro atoms. The smallest absolute Gasteiger partial charge is 0.362 e. The quantitative estimate of drug-likeness (QED) is 0.386. The van der Waals surface area contributed by atoms with Crippen LogP contribution in [0.3, 0.4) is 0 Å². The van der Waals surface area contributed by atoms with Gasteiger partial charge in [-0.2, -0.15) is 18.3 Å². The van der Waals surface area contributed by atoms with E-state index in [0.29, 0.717) is 16.3 Å². The molecule has 4 rings (SSSR count). The SMILES string of the molecule is O=C(Nc1ccc(Br)cc1)c1nn2c(c1Cl)NC(c1ccc(Cl)cc1)CC2C(F)(F)F. The first-order chi connectivity index (χ1) is 14.6. The molecule has 5 nitrogen and oxygen atoms in total. The third-order valence-electron chi connectivity index (χ3n) is 4.89. The summed E-state index contributed by atoms with van der Waals surface area (Å²) in [5.41, 5.74) is 0.774. The Morgan fingerprint density at radius 2 is 1.77 bits per heavy atom. The summed E-state index contributed by atoms with van der Waals surface area (Å²) in [6.45, 7) is 0. The Morgan fingerprint density at radius 3 is 2.39 bits per heavy atom. The topological polar surface area (TPSA) is 59.0 Å². The maximum Gasteiger partial charge on any atom is 0.410 e. The molecule has 0 aliphatic carbocycles. The fraction of sp³-hybridized carbons (Fsp3) is 0.200. The Balaban J connectivity index is 1.69. The van der Waals surface area contributed by atoms with E-state index in [1.54, 1.807) is 48.5 Å². The standard InChI is InChI=1S/C20H14BrCl2F3N4O/c21-11-3-7-13(8-4-11)27-19(31)17-16(23)18-28-14(10-1-5-12(22)6-2-10)9-15(20(24,25)26)30(18)29-17/h1-8,14-15,28H,9H2,(H,27,31). The van der Waals surface area contributed by atoms with Gasteiger partial charge in [0.15, 0.2) is 11.7 Å². The Bertz CT molecular complexity index is 1120. The van der Waals surface area contributed by atoms with Gasteiger partial charge in [-0.3, -0.25) is 4.79 Å². The van der Waals surface area contributed by atoms with Crippen molar-refractivity contribution >= 4 is 56.5 Å². The van der Waals surface area contributed by atoms with E-state index in [1.165, 1.54) is 0 Å². The van der Waals surface area contributed by atoms with E-state index < -0.39 is 24.2 Å². The normalized spacial score (nSPS) is 18.3. The Hall–Kier alpha value is -2.23. The first-order valence-electron chi connectivity index (χ1n) is 9.07. The fourth-order valence-corrected chi connectivity index (χ4v) is 4.03. The van der Waals surface area contributed by atoms with Gasteiger partial charge in [-0.15, -0.1) is 0 Å². The molecule has 2 heterocycles. The lowest BCUT2D eigenvalue weighted by Crippen LogP contribution is -2.35. The van der Waals surface area contributed by atoms with Crippen molar-refractivity contribution in [1.82, 2.24) is 9.78 Å². The minimum absolute atomic E-state index is 0.0591. The van der Waals surface area contributed by atoms with E-state index in [1.807, 2.05) is 0 Å². The van der Waals surface area contributed by atoms with Crippen LogP contribution in [0.25, 0.3) is 0 Å². The van der Waals surface area contributed by atoms with Gasteiger partial charge in [0.25, 0.3) is 5.91 Å². The molecule has 1 aliphatic heterocycles. The van der Waals surface area contributed by atoms with Crippen LogP contribution in [-0.2, 0) is 0 Å². The van der Waals surface area contributed by atoms with Gasteiger partial charge >= 0.3 is 6.18 Å². The summed E-state index contributed by atoms with van der Waals surface area (Å²) in [5, 5.41) is 9.79. The fourth-order valence-electron chi connectivity index (χ4n) is 3.37. The Kier molecular flexibility index (Phi) is 5.93. The number of carbonyl (C=O) groups excluding carboxylic acids is 1. The van der Waals surface area contributed by atoms with E-state index >= 15 is 0 Å². The average molecular weight is 534 g/mol. The Labute approximate surface area is 193 Å². The number of anilines is 2. The molecule has 0 fully saturated rings. The first-order valence-corrected chi connectivity index (χ1v) is 10.6. The molecule has 1 amide bonds. The molecule has 0 radical (unpaired) electrons. The molecule has 0 saturated carbocycles. The van der Waals surface area contributed by atoms with E-state index in [9.17, 15) is 18.0 Å². The molecule has 2 aromatic carbocycles. The second-order valence-corrected chi connectivity index (χ2v) is 8.69. The highest BCUT2D eigenvalue weighted by Gasteiger charge is 2.47. The molecule has 1 aliphatic rings. The van der Waals surface area contributed by atoms with E-state index in [-0.39, 0.29) is 23.0 Å². The number of amides is 1. The molecular weight excluding hydrogens is 520 g/mol. The number of alkyl halides is 3. The second-order valence-electron chi connectivity index (χ2n) is 6.96. The third-order valence-corrected chi connectivity index (χ3v) is 6.02. The maximum absolute atomic E-state index is 13.8. The van der Waals surface area contributed by atoms with E-state index in [0.717, 1.165) is 9.15 Å². The second kappa shape index (κ2) is 8.37. The number of rotatable bonds is 3. The van der Waals surface area contributed by atoms with Gasteiger partial charge in [-0.05, 0) is 42.0 Å². The number of nitrogens with one attached hydrogen (secondary N) is 2. The predicted octanol–water partition coefficient (Wildman–Crippen LogP) is 6.87. The molecular formula is C20H14BrCl2F3N4O. The van der Waals surface area contributed by atoms with Gasteiger partial charge in [0, 0.05) is 21.6 Å². The van der Waals surface area contributed by atoms with Gasteiger partial charge in [-0.25, -0.2) is 4.68 Å². The van der Waals surface area contributed by atoms with Crippen LogP contribution in [0.2, 0.25) is 10.0 Å². The van der Waals surface area contributed by atoms with Crippen LogP contribution in [0.15, 0.2) is 53.0 Å². The summed E-state index contributed by atoms with van der Waals surface area (Å²) in [7, 11) is 0. The number of hydrogen-bond donors (Lipinski definition) is 2. The van der Waals surface area contributed by atoms with Crippen molar-refractivity contribution in [1.29, 1.82) is 0 Å². The van der Waals surface area contributed by atoms with Gasteiger partial charge in [0.2, 0.25) is 0 Å². The number of halogens is 6. The highest BCUT2D eigenvalue weighted by atomic mass is 79.9. The number of benzene rings is 2. The van der Waals surface area contributed by atoms with Crippen molar-refractivity contribution in [2.75, 3.05) is 10.6 Å². The van der Waals surface area contributed by atoms with Crippen LogP contribution in [-0.4, -0.2) is 21.9 Å². The maximum atomic E-state index is 13.8. The van der Waals surface area contributed by atoms with Crippen molar-refractivity contribution in [2.45, 2.75) is 24.7 Å². The number of hydrogen-bond acceptors (Lipinski definition) is 3. The molecule has 162 valence electrons. The van der Waals surface area contributed by atoms with Gasteiger partial charge in [0.05, 0.1) is 6.04 Å². The summed E-state index contributed by atoms with van der Waals surface area (Å²) in [5.74, 6) is -0.767. The molecule has 2 N–H and O–H groups in total. The van der Waals surface area contributed by atoms with Gasteiger partial charge in [0.1, 0.15) is 10.8 Å². The number of aromatic nitrogens is 2. The van der Waals surface area contributed by atoms with Crippen LogP contribution in [0.4, 0.5) is 24.7 Å². The highest BCUT2D eigenvalue weighted by molar-refractivity contribution is 9.10. The first kappa shape index (κ1) is 22.0. The highest BCUT2D eigenvalue weighted by Crippen LogP contribution is 2.46. The zero-order valence-corrected chi connectivity index (χ0v) is 18.6. The minimum Gasteiger partial charge on any atom is -0.362 e. The van der Waals surface area contributed by atoms with Crippen molar-refractivity contribution in [3.05, 3.63) is 74.3 Å². The molecule has 2 unspecified atom stereocenters. The van der Waals surface area contributed by atoms with Crippen LogP contribution in [0.5, 0.6) is 0 Å². The lowest BCUT2D eigenvalue weighted by molar-refractivity contribution is -0.173. The lowest BCUT2D eigenvalue weighted by Gasteiger charge is -2.33. The zero-order valence-electron chi connectivity index (χ0n) is 15.6.